The Labute approximate surface area is 735 Å². The smallest absolute Gasteiger partial charge is 0.340 e. The zero-order chi connectivity index (χ0) is 89.9. The summed E-state index contributed by atoms with van der Waals surface area (Å²) in [5.41, 5.74) is 31.1. The van der Waals surface area contributed by atoms with Crippen LogP contribution in [0.25, 0.3) is 111 Å². The van der Waals surface area contributed by atoms with Gasteiger partial charge in [-0.2, -0.15) is 0 Å². The molecule has 4 fully saturated rings. The molecule has 4 N–H and O–H groups in total. The van der Waals surface area contributed by atoms with Crippen LogP contribution in [0.15, 0.2) is 144 Å². The van der Waals surface area contributed by atoms with Crippen LogP contribution in [0.4, 0.5) is 5.95 Å². The molecule has 7 aromatic carbocycles. The Morgan fingerprint density at radius 3 is 1.16 bits per heavy atom. The first-order chi connectivity index (χ1) is 61.7. The number of esters is 4. The third-order valence-corrected chi connectivity index (χ3v) is 24.0. The number of Topliss-reactive ketones (excluding diaryl/α,β-unsaturated/α-hetero) is 1. The molecule has 4 saturated carbocycles. The molecule has 21 rings (SSSR count). The average molecular weight is 1720 g/mol. The van der Waals surface area contributed by atoms with Gasteiger partial charge in [0, 0.05) is 83.6 Å². The van der Waals surface area contributed by atoms with Gasteiger partial charge in [0.2, 0.25) is 0 Å². The normalized spacial score (nSPS) is 13.5. The molecule has 30 nitrogen and oxygen atoms in total. The van der Waals surface area contributed by atoms with Crippen LogP contribution in [0.2, 0.25) is 0 Å². The SMILES string of the molecule is CCC(=O)c1cc(-c2c(C)noc2C)cc2c1nc(C1CC1)n2C.COC(=O)c1cc(-c2c(C)noc2C)cc2[nH]c(C3CC3)nc12.COC(=O)c1cc(-c2c(C)noc2C)cc2[nH]c(N)nc12.COC(=O)c1cc(-c2c(C)noc2C)cc2c1nc(C1CC1)n2Cc1ccccc1.COC(=O)c1cc(-c2c(C)noc2C)cc2nc(C3CC3)n(Cc3ccccc3)c12. The molecule has 0 unspecified atom stereocenters. The topological polar surface area (TPSA) is 389 Å². The van der Waals surface area contributed by atoms with Gasteiger partial charge in [0.15, 0.2) is 11.7 Å². The number of rotatable bonds is 19. The van der Waals surface area contributed by atoms with Gasteiger partial charge < -0.3 is 71.0 Å². The minimum atomic E-state index is -0.472. The maximum atomic E-state index is 12.8. The van der Waals surface area contributed by atoms with Crippen LogP contribution in [0.1, 0.15) is 232 Å². The van der Waals surface area contributed by atoms with Crippen molar-refractivity contribution >= 4 is 90.8 Å². The number of nitrogens with one attached hydrogen (secondary N) is 2. The van der Waals surface area contributed by atoms with E-state index in [4.69, 9.17) is 62.2 Å². The van der Waals surface area contributed by atoms with Gasteiger partial charge in [0.05, 0.1) is 118 Å². The average Bonchev–Trinajstić information content (AvgIpc) is 1.60. The number of imidazole rings is 5. The minimum Gasteiger partial charge on any atom is -0.465 e. The number of fused-ring (bicyclic) bond motifs is 5. The molecule has 4 aliphatic carbocycles. The highest BCUT2D eigenvalue weighted by molar-refractivity contribution is 6.10. The molecular weight excluding hydrogens is 1630 g/mol. The highest BCUT2D eigenvalue weighted by atomic mass is 16.5. The van der Waals surface area contributed by atoms with Crippen molar-refractivity contribution in [3.05, 3.63) is 241 Å². The number of hydrogen-bond donors (Lipinski definition) is 3. The fourth-order valence-electron chi connectivity index (χ4n) is 17.2. The lowest BCUT2D eigenvalue weighted by atomic mass is 9.98. The third-order valence-electron chi connectivity index (χ3n) is 24.0. The molecule has 0 saturated heterocycles. The summed E-state index contributed by atoms with van der Waals surface area (Å²) in [5.74, 6) is 8.35. The first-order valence-electron chi connectivity index (χ1n) is 42.8. The van der Waals surface area contributed by atoms with Crippen LogP contribution in [-0.2, 0) is 39.1 Å². The maximum absolute atomic E-state index is 12.8. The van der Waals surface area contributed by atoms with Crippen LogP contribution in [0.5, 0.6) is 0 Å². The van der Waals surface area contributed by atoms with E-state index < -0.39 is 11.9 Å². The van der Waals surface area contributed by atoms with E-state index in [0.29, 0.717) is 105 Å². The Hall–Kier alpha value is -14.7. The Morgan fingerprint density at radius 1 is 0.391 bits per heavy atom. The van der Waals surface area contributed by atoms with Gasteiger partial charge in [-0.05, 0) is 220 Å². The summed E-state index contributed by atoms with van der Waals surface area (Å²) in [6, 6.07) is 39.8. The standard InChI is InChI=1S/2C24H23N3O3.C19H21N3O2.C17H17N3O3.C14H14N4O3/c1-14-21(15(2)30-26-14)18-11-19(24(28)29-3)22-20(12-18)27(23(25-22)17-9-10-17)13-16-7-5-4-6-8-16;1-14-21(15(2)30-26-14)18-11-19(24(28)29-3)22-20(12-18)25-23(17-9-10-17)27(22)13-16-7-5-4-6-8-16;1-5-16(23)14-8-13(17-10(2)21-24-11(17)3)9-15-18(14)20-19(22(15)4)12-6-7-12;1-8-14(9(2)23-20-8)11-6-12(17(21)22-3)15-13(7-11)18-16(19-15)10-4-5-10;1-6-11(7(2)21-18-6)8-4-9(13(19)20-3)12-10(5-8)16-14(15)17-12/h2*4-8,11-12,17H,9-10,13H2,1-3H3;8-9,12H,5-7H2,1-4H3;6-7,10H,4-5H2,1-3H3,(H,18,19);4-5H,1-3H3,(H3,15,16,17). The number of nitrogen functional groups attached to an aromatic ring is 1. The molecule has 0 aliphatic heterocycles. The van der Waals surface area contributed by atoms with E-state index in [2.05, 4.69) is 95.8 Å². The number of hydrogen-bond acceptors (Lipinski definition) is 25. The van der Waals surface area contributed by atoms with Crippen molar-refractivity contribution in [1.82, 2.24) is 74.4 Å². The molecule has 0 spiro atoms. The maximum Gasteiger partial charge on any atom is 0.340 e. The lowest BCUT2D eigenvalue weighted by Gasteiger charge is -2.12. The van der Waals surface area contributed by atoms with Crippen molar-refractivity contribution in [2.24, 2.45) is 7.05 Å². The second kappa shape index (κ2) is 35.0. The van der Waals surface area contributed by atoms with Gasteiger partial charge in [-0.3, -0.25) is 4.79 Å². The van der Waals surface area contributed by atoms with Gasteiger partial charge in [-0.15, -0.1) is 0 Å². The highest BCUT2D eigenvalue weighted by Gasteiger charge is 2.36. The van der Waals surface area contributed by atoms with Crippen molar-refractivity contribution < 1.29 is 65.5 Å². The molecule has 0 amide bonds. The van der Waals surface area contributed by atoms with Gasteiger partial charge >= 0.3 is 23.9 Å². The van der Waals surface area contributed by atoms with E-state index in [1.165, 1.54) is 52.4 Å². The lowest BCUT2D eigenvalue weighted by Crippen LogP contribution is -2.09. The Balaban J connectivity index is 0.000000113. The van der Waals surface area contributed by atoms with Gasteiger partial charge in [-0.1, -0.05) is 93.4 Å². The number of carbonyl (C=O) groups excluding carboxylic acids is 5. The van der Waals surface area contributed by atoms with E-state index in [1.807, 2.05) is 156 Å². The molecule has 0 radical (unpaired) electrons. The van der Waals surface area contributed by atoms with Gasteiger partial charge in [0.1, 0.15) is 68.6 Å². The van der Waals surface area contributed by atoms with Gasteiger partial charge in [0.25, 0.3) is 0 Å². The van der Waals surface area contributed by atoms with E-state index in [9.17, 15) is 24.0 Å². The largest absolute Gasteiger partial charge is 0.465 e. The monoisotopic (exact) mass is 1720 g/mol. The number of ether oxygens (including phenoxy) is 4. The molecule has 128 heavy (non-hydrogen) atoms. The number of aromatic amines is 2. The van der Waals surface area contributed by atoms with Crippen LogP contribution < -0.4 is 5.73 Å². The number of aromatic nitrogens is 15. The molecule has 654 valence electrons. The predicted octanol–water partition coefficient (Wildman–Crippen LogP) is 20.1. The van der Waals surface area contributed by atoms with Crippen molar-refractivity contribution in [1.29, 1.82) is 0 Å². The second-order valence-electron chi connectivity index (χ2n) is 33.2. The molecule has 0 atom stereocenters. The molecule has 17 aromatic rings. The molecule has 0 bridgehead atoms. The Morgan fingerprint density at radius 2 is 0.742 bits per heavy atom. The molecule has 30 heteroatoms. The summed E-state index contributed by atoms with van der Waals surface area (Å²) in [4.78, 5) is 91.9. The zero-order valence-corrected chi connectivity index (χ0v) is 74.2. The number of nitrogens with zero attached hydrogens (tertiary/aromatic N) is 13. The molecule has 4 aliphatic rings. The van der Waals surface area contributed by atoms with E-state index in [0.717, 1.165) is 196 Å². The van der Waals surface area contributed by atoms with Crippen LogP contribution in [0.3, 0.4) is 0 Å². The number of methoxy groups -OCH3 is 4. The summed E-state index contributed by atoms with van der Waals surface area (Å²) in [5, 5.41) is 20.1. The number of carbonyl (C=O) groups is 5. The fourth-order valence-corrected chi connectivity index (χ4v) is 17.2. The Bertz CT molecular complexity index is 7080. The number of ketones is 1. The number of aryl methyl sites for hydroxylation is 11. The summed E-state index contributed by atoms with van der Waals surface area (Å²) in [6.45, 7) is 22.1. The fraction of sp³-hybridized carbons (Fsp3) is 0.316. The van der Waals surface area contributed by atoms with Crippen LogP contribution in [-0.4, -0.2) is 132 Å². The zero-order valence-electron chi connectivity index (χ0n) is 74.2. The number of anilines is 1. The molecule has 10 heterocycles. The van der Waals surface area contributed by atoms with Crippen LogP contribution >= 0.6 is 0 Å². The minimum absolute atomic E-state index is 0.119. The molecular formula is C98H98N16O14. The number of nitrogens with two attached hydrogens (primary N) is 1. The summed E-state index contributed by atoms with van der Waals surface area (Å²) in [6.07, 6.45) is 9.63. The highest BCUT2D eigenvalue weighted by Crippen LogP contribution is 2.47. The van der Waals surface area contributed by atoms with Crippen LogP contribution in [0, 0.1) is 69.2 Å². The number of benzene rings is 7. The first-order valence-corrected chi connectivity index (χ1v) is 42.8. The van der Waals surface area contributed by atoms with Crippen molar-refractivity contribution in [3.8, 4) is 55.6 Å². The van der Waals surface area contributed by atoms with E-state index in [1.54, 1.807) is 12.1 Å². The Kier molecular flexibility index (Phi) is 23.4. The van der Waals surface area contributed by atoms with Crippen molar-refractivity contribution in [3.63, 3.8) is 0 Å². The second-order valence-corrected chi connectivity index (χ2v) is 33.2. The molecule has 10 aromatic heterocycles. The summed E-state index contributed by atoms with van der Waals surface area (Å²) in [7, 11) is 7.56. The van der Waals surface area contributed by atoms with E-state index >= 15 is 0 Å². The lowest BCUT2D eigenvalue weighted by molar-refractivity contribution is 0.0593. The number of H-pyrrole nitrogens is 2. The summed E-state index contributed by atoms with van der Waals surface area (Å²) >= 11 is 0. The van der Waals surface area contributed by atoms with Gasteiger partial charge in [-0.25, -0.2) is 44.1 Å². The summed E-state index contributed by atoms with van der Waals surface area (Å²) < 4.78 is 53.0. The van der Waals surface area contributed by atoms with Crippen molar-refractivity contribution in [2.75, 3.05) is 34.2 Å². The third kappa shape index (κ3) is 16.7. The first kappa shape index (κ1) is 85.5. The predicted molar refractivity (Wildman–Crippen MR) is 481 cm³/mol. The van der Waals surface area contributed by atoms with E-state index in [-0.39, 0.29) is 23.7 Å². The quantitative estimate of drug-likeness (QED) is 0.0384. The van der Waals surface area contributed by atoms with Crippen molar-refractivity contribution in [2.45, 2.75) is 171 Å².